The van der Waals surface area contributed by atoms with Crippen LogP contribution in [-0.2, 0) is 21.3 Å². The molecule has 2 spiro atoms. The molecule has 1 saturated heterocycles. The van der Waals surface area contributed by atoms with E-state index in [1.54, 1.807) is 7.11 Å². The van der Waals surface area contributed by atoms with Crippen molar-refractivity contribution in [1.29, 1.82) is 0 Å². The highest BCUT2D eigenvalue weighted by molar-refractivity contribution is 5.63. The Morgan fingerprint density at radius 3 is 2.85 bits per heavy atom. The maximum atomic E-state index is 7.02. The molecule has 2 heterocycles. The molecule has 176 valence electrons. The number of piperidine rings is 1. The van der Waals surface area contributed by atoms with Gasteiger partial charge in [0.15, 0.2) is 11.5 Å². The van der Waals surface area contributed by atoms with Crippen LogP contribution < -0.4 is 9.47 Å². The molecule has 1 aromatic carbocycles. The summed E-state index contributed by atoms with van der Waals surface area (Å²) in [6.45, 7) is 3.43. The van der Waals surface area contributed by atoms with Gasteiger partial charge in [-0.3, -0.25) is 4.90 Å². The summed E-state index contributed by atoms with van der Waals surface area (Å²) >= 11 is 0. The van der Waals surface area contributed by atoms with Crippen LogP contribution in [0, 0.1) is 29.6 Å². The molecule has 4 saturated carbocycles. The smallest absolute Gasteiger partial charge is 0.165 e. The van der Waals surface area contributed by atoms with Crippen molar-refractivity contribution >= 4 is 0 Å². The van der Waals surface area contributed by atoms with Gasteiger partial charge in [0.25, 0.3) is 0 Å². The SMILES string of the molecule is C#CCOC[C@H]1C[C@@]23CC[C@]1(OC)[C@@H]1Oc4c(OC)ccc5c4[C@@]12CCN(CC1CC1)[C@@H]3C5. The summed E-state index contributed by atoms with van der Waals surface area (Å²) in [7, 11) is 3.65. The molecule has 2 aliphatic heterocycles. The van der Waals surface area contributed by atoms with Crippen LogP contribution in [0.4, 0.5) is 0 Å². The number of hydrogen-bond acceptors (Lipinski definition) is 5. The zero-order valence-corrected chi connectivity index (χ0v) is 19.9. The van der Waals surface area contributed by atoms with Crippen molar-refractivity contribution in [1.82, 2.24) is 4.90 Å². The quantitative estimate of drug-likeness (QED) is 0.470. The van der Waals surface area contributed by atoms with E-state index in [1.807, 2.05) is 7.11 Å². The predicted octanol–water partition coefficient (Wildman–Crippen LogP) is 3.57. The number of hydrogen-bond donors (Lipinski definition) is 0. The van der Waals surface area contributed by atoms with Gasteiger partial charge in [0, 0.05) is 42.0 Å². The fourth-order valence-electron chi connectivity index (χ4n) is 9.15. The molecular weight excluding hydrogens is 414 g/mol. The molecule has 5 fully saturated rings. The van der Waals surface area contributed by atoms with E-state index in [0.717, 1.165) is 49.6 Å². The summed E-state index contributed by atoms with van der Waals surface area (Å²) in [5.74, 6) is 5.70. The third-order valence-electron chi connectivity index (χ3n) is 10.5. The van der Waals surface area contributed by atoms with Gasteiger partial charge in [-0.1, -0.05) is 12.0 Å². The molecular formula is C28H35NO4. The molecule has 7 aliphatic rings. The molecule has 0 N–H and O–H groups in total. The molecule has 4 bridgehead atoms. The maximum Gasteiger partial charge on any atom is 0.165 e. The van der Waals surface area contributed by atoms with Crippen molar-refractivity contribution in [3.8, 4) is 23.8 Å². The van der Waals surface area contributed by atoms with Crippen LogP contribution >= 0.6 is 0 Å². The van der Waals surface area contributed by atoms with E-state index >= 15 is 0 Å². The number of fused-ring (bicyclic) bond motifs is 2. The first-order valence-electron chi connectivity index (χ1n) is 12.8. The van der Waals surface area contributed by atoms with Gasteiger partial charge in [0.1, 0.15) is 18.3 Å². The van der Waals surface area contributed by atoms with Crippen LogP contribution in [0.25, 0.3) is 0 Å². The Hall–Kier alpha value is -1.74. The number of terminal acetylenes is 1. The molecule has 0 amide bonds. The Balaban J connectivity index is 1.41. The average molecular weight is 450 g/mol. The van der Waals surface area contributed by atoms with E-state index < -0.39 is 0 Å². The third kappa shape index (κ3) is 2.36. The largest absolute Gasteiger partial charge is 0.493 e. The first-order chi connectivity index (χ1) is 16.1. The minimum absolute atomic E-state index is 0.00600. The van der Waals surface area contributed by atoms with Crippen LogP contribution in [0.5, 0.6) is 11.5 Å². The van der Waals surface area contributed by atoms with Gasteiger partial charge in [-0.05, 0) is 69.0 Å². The third-order valence-corrected chi connectivity index (χ3v) is 10.5. The summed E-state index contributed by atoms with van der Waals surface area (Å²) < 4.78 is 25.4. The molecule has 0 aromatic heterocycles. The zero-order chi connectivity index (χ0) is 22.4. The Morgan fingerprint density at radius 1 is 1.21 bits per heavy atom. The number of rotatable bonds is 7. The summed E-state index contributed by atoms with van der Waals surface area (Å²) in [5.41, 5.74) is 2.78. The van der Waals surface area contributed by atoms with E-state index in [2.05, 4.69) is 23.0 Å². The van der Waals surface area contributed by atoms with Gasteiger partial charge in [-0.25, -0.2) is 0 Å². The zero-order valence-electron chi connectivity index (χ0n) is 19.9. The summed E-state index contributed by atoms with van der Waals surface area (Å²) in [5, 5.41) is 0. The second-order valence-corrected chi connectivity index (χ2v) is 11.4. The molecule has 1 aromatic rings. The molecule has 6 atom stereocenters. The number of ether oxygens (including phenoxy) is 4. The fourth-order valence-corrected chi connectivity index (χ4v) is 9.15. The molecule has 5 nitrogen and oxygen atoms in total. The van der Waals surface area contributed by atoms with E-state index in [4.69, 9.17) is 25.4 Å². The standard InChI is InChI=1S/C28H35NO4/c1-4-13-32-17-20-15-26-9-10-28(20,31-3)25-27(26)11-12-29(16-18-5-6-18)22(26)14-19-7-8-21(30-2)24(33-25)23(19)27/h1,7-8,18,20,22,25H,5-6,9-17H2,2-3H3/t20-,22-,25-,26-,27+,28-/m1/s1. The average Bonchev–Trinajstić information content (AvgIpc) is 3.58. The lowest BCUT2D eigenvalue weighted by molar-refractivity contribution is -0.282. The van der Waals surface area contributed by atoms with Gasteiger partial charge in [-0.2, -0.15) is 0 Å². The predicted molar refractivity (Wildman–Crippen MR) is 125 cm³/mol. The van der Waals surface area contributed by atoms with Crippen LogP contribution in [0.2, 0.25) is 0 Å². The summed E-state index contributed by atoms with van der Waals surface area (Å²) in [6.07, 6.45) is 14.0. The van der Waals surface area contributed by atoms with Crippen molar-refractivity contribution in [2.45, 2.75) is 68.1 Å². The number of nitrogens with zero attached hydrogens (tertiary/aromatic N) is 1. The highest BCUT2D eigenvalue weighted by Gasteiger charge is 2.80. The highest BCUT2D eigenvalue weighted by atomic mass is 16.6. The first-order valence-corrected chi connectivity index (χ1v) is 12.8. The molecule has 0 unspecified atom stereocenters. The van der Waals surface area contributed by atoms with Crippen molar-refractivity contribution in [2.75, 3.05) is 40.5 Å². The first kappa shape index (κ1) is 20.6. The second kappa shape index (κ2) is 6.90. The van der Waals surface area contributed by atoms with E-state index in [9.17, 15) is 0 Å². The highest BCUT2D eigenvalue weighted by Crippen LogP contribution is 2.76. The number of methoxy groups -OCH3 is 2. The normalized spacial score (nSPS) is 41.9. The number of likely N-dealkylation sites (tertiary alicyclic amines) is 1. The lowest BCUT2D eigenvalue weighted by Crippen LogP contribution is -2.81. The Kier molecular flexibility index (Phi) is 4.31. The minimum atomic E-state index is -0.349. The van der Waals surface area contributed by atoms with Gasteiger partial charge < -0.3 is 18.9 Å². The lowest BCUT2D eigenvalue weighted by atomic mass is 9.35. The summed E-state index contributed by atoms with van der Waals surface area (Å²) in [4.78, 5) is 2.87. The van der Waals surface area contributed by atoms with E-state index in [1.165, 1.54) is 36.9 Å². The topological polar surface area (TPSA) is 40.2 Å². The lowest BCUT2D eigenvalue weighted by Gasteiger charge is -2.74. The van der Waals surface area contributed by atoms with Crippen molar-refractivity contribution < 1.29 is 18.9 Å². The number of benzene rings is 1. The van der Waals surface area contributed by atoms with Crippen LogP contribution in [-0.4, -0.2) is 63.2 Å². The maximum absolute atomic E-state index is 7.02. The minimum Gasteiger partial charge on any atom is -0.493 e. The molecule has 5 heteroatoms. The van der Waals surface area contributed by atoms with Gasteiger partial charge in [0.2, 0.25) is 0 Å². The van der Waals surface area contributed by atoms with Gasteiger partial charge in [-0.15, -0.1) is 6.42 Å². The molecule has 33 heavy (non-hydrogen) atoms. The van der Waals surface area contributed by atoms with E-state index in [0.29, 0.717) is 19.3 Å². The molecule has 8 rings (SSSR count). The molecule has 5 aliphatic carbocycles. The monoisotopic (exact) mass is 449 g/mol. The Labute approximate surface area is 197 Å². The van der Waals surface area contributed by atoms with Crippen LogP contribution in [0.3, 0.4) is 0 Å². The van der Waals surface area contributed by atoms with Gasteiger partial charge >= 0.3 is 0 Å². The fraction of sp³-hybridized carbons (Fsp3) is 0.714. The van der Waals surface area contributed by atoms with Crippen molar-refractivity contribution in [3.63, 3.8) is 0 Å². The van der Waals surface area contributed by atoms with Crippen molar-refractivity contribution in [2.24, 2.45) is 17.3 Å². The summed E-state index contributed by atoms with van der Waals surface area (Å²) in [6, 6.07) is 5.01. The second-order valence-electron chi connectivity index (χ2n) is 11.4. The molecule has 0 radical (unpaired) electrons. The van der Waals surface area contributed by atoms with E-state index in [-0.39, 0.29) is 28.5 Å². The van der Waals surface area contributed by atoms with Crippen LogP contribution in [0.15, 0.2) is 12.1 Å². The van der Waals surface area contributed by atoms with Gasteiger partial charge in [0.05, 0.1) is 13.7 Å². The Morgan fingerprint density at radius 2 is 2.09 bits per heavy atom. The Bertz CT molecular complexity index is 1030. The van der Waals surface area contributed by atoms with Crippen molar-refractivity contribution in [3.05, 3.63) is 23.3 Å². The van der Waals surface area contributed by atoms with Crippen LogP contribution in [0.1, 0.15) is 49.7 Å².